The van der Waals surface area contributed by atoms with E-state index in [4.69, 9.17) is 10.5 Å². The molecular formula is C15H30N2O. The summed E-state index contributed by atoms with van der Waals surface area (Å²) < 4.78 is 5.26. The summed E-state index contributed by atoms with van der Waals surface area (Å²) in [6.07, 6.45) is 9.21. The van der Waals surface area contributed by atoms with E-state index in [1.165, 1.54) is 44.9 Å². The third-order valence-electron chi connectivity index (χ3n) is 4.83. The molecule has 1 atom stereocenters. The molecule has 0 aromatic rings. The van der Waals surface area contributed by atoms with Crippen LogP contribution in [0.25, 0.3) is 0 Å². The standard InChI is InChI=1S/C15H30N2O/c1-13(14-6-7-14)17(10-11-18-2)12-15(16)8-4-3-5-9-15/h13-14H,3-12,16H2,1-2H3. The zero-order valence-electron chi connectivity index (χ0n) is 12.2. The second-order valence-corrected chi connectivity index (χ2v) is 6.46. The Morgan fingerprint density at radius 2 is 1.94 bits per heavy atom. The second-order valence-electron chi connectivity index (χ2n) is 6.46. The Hall–Kier alpha value is -0.120. The summed E-state index contributed by atoms with van der Waals surface area (Å²) in [5.74, 6) is 0.911. The third-order valence-corrected chi connectivity index (χ3v) is 4.83. The SMILES string of the molecule is COCCN(CC1(N)CCCCC1)C(C)C1CC1. The number of hydrogen-bond acceptors (Lipinski definition) is 3. The van der Waals surface area contributed by atoms with Crippen LogP contribution in [-0.4, -0.2) is 43.3 Å². The lowest BCUT2D eigenvalue weighted by molar-refractivity contribution is 0.0859. The van der Waals surface area contributed by atoms with Gasteiger partial charge in [0.25, 0.3) is 0 Å². The smallest absolute Gasteiger partial charge is 0.0589 e. The van der Waals surface area contributed by atoms with Gasteiger partial charge in [0.2, 0.25) is 0 Å². The van der Waals surface area contributed by atoms with Crippen LogP contribution in [0.15, 0.2) is 0 Å². The Bertz CT molecular complexity index is 247. The fourth-order valence-electron chi connectivity index (χ4n) is 3.33. The number of nitrogens with zero attached hydrogens (tertiary/aromatic N) is 1. The predicted octanol–water partition coefficient (Wildman–Crippen LogP) is 2.39. The number of methoxy groups -OCH3 is 1. The van der Waals surface area contributed by atoms with Crippen LogP contribution in [0.3, 0.4) is 0 Å². The monoisotopic (exact) mass is 254 g/mol. The van der Waals surface area contributed by atoms with Crippen molar-refractivity contribution in [2.24, 2.45) is 11.7 Å². The van der Waals surface area contributed by atoms with Crippen LogP contribution in [0.5, 0.6) is 0 Å². The Morgan fingerprint density at radius 1 is 1.28 bits per heavy atom. The van der Waals surface area contributed by atoms with E-state index in [0.717, 1.165) is 25.6 Å². The molecule has 0 radical (unpaired) electrons. The molecule has 3 heteroatoms. The van der Waals surface area contributed by atoms with Crippen LogP contribution < -0.4 is 5.73 Å². The summed E-state index contributed by atoms with van der Waals surface area (Å²) in [7, 11) is 1.79. The van der Waals surface area contributed by atoms with Gasteiger partial charge in [-0.05, 0) is 38.5 Å². The van der Waals surface area contributed by atoms with Crippen molar-refractivity contribution >= 4 is 0 Å². The Morgan fingerprint density at radius 3 is 2.50 bits per heavy atom. The highest BCUT2D eigenvalue weighted by molar-refractivity contribution is 4.94. The molecule has 18 heavy (non-hydrogen) atoms. The summed E-state index contributed by atoms with van der Waals surface area (Å²) in [5, 5.41) is 0. The minimum Gasteiger partial charge on any atom is -0.383 e. The Labute approximate surface area is 112 Å². The first-order chi connectivity index (χ1) is 8.64. The van der Waals surface area contributed by atoms with E-state index in [-0.39, 0.29) is 5.54 Å². The average molecular weight is 254 g/mol. The van der Waals surface area contributed by atoms with Crippen LogP contribution in [-0.2, 0) is 4.74 Å². The minimum atomic E-state index is 0.0646. The van der Waals surface area contributed by atoms with Crippen molar-refractivity contribution in [3.63, 3.8) is 0 Å². The number of hydrogen-bond donors (Lipinski definition) is 1. The van der Waals surface area contributed by atoms with Gasteiger partial charge in [-0.2, -0.15) is 0 Å². The Balaban J connectivity index is 1.89. The average Bonchev–Trinajstić information content (AvgIpc) is 3.18. The topological polar surface area (TPSA) is 38.5 Å². The second kappa shape index (κ2) is 6.36. The van der Waals surface area contributed by atoms with Gasteiger partial charge in [-0.25, -0.2) is 0 Å². The maximum absolute atomic E-state index is 6.61. The van der Waals surface area contributed by atoms with Crippen molar-refractivity contribution < 1.29 is 4.74 Å². The molecule has 2 aliphatic rings. The van der Waals surface area contributed by atoms with E-state index in [1.807, 2.05) is 0 Å². The summed E-state index contributed by atoms with van der Waals surface area (Å²) >= 11 is 0. The zero-order chi connectivity index (χ0) is 13.0. The van der Waals surface area contributed by atoms with E-state index < -0.39 is 0 Å². The normalized spacial score (nSPS) is 25.3. The lowest BCUT2D eigenvalue weighted by Gasteiger charge is -2.40. The largest absolute Gasteiger partial charge is 0.383 e. The van der Waals surface area contributed by atoms with Crippen LogP contribution in [0.4, 0.5) is 0 Å². The van der Waals surface area contributed by atoms with Gasteiger partial charge in [0.15, 0.2) is 0 Å². The predicted molar refractivity (Wildman–Crippen MR) is 75.6 cm³/mol. The van der Waals surface area contributed by atoms with Crippen molar-refractivity contribution in [3.05, 3.63) is 0 Å². The first-order valence-electron chi connectivity index (χ1n) is 7.66. The molecule has 2 fully saturated rings. The molecule has 2 saturated carbocycles. The molecule has 106 valence electrons. The van der Waals surface area contributed by atoms with Crippen molar-refractivity contribution in [1.82, 2.24) is 4.90 Å². The van der Waals surface area contributed by atoms with Gasteiger partial charge in [-0.1, -0.05) is 19.3 Å². The molecule has 1 unspecified atom stereocenters. The molecule has 2 N–H and O–H groups in total. The summed E-state index contributed by atoms with van der Waals surface area (Å²) in [6, 6.07) is 0.683. The minimum absolute atomic E-state index is 0.0646. The van der Waals surface area contributed by atoms with Crippen molar-refractivity contribution in [2.75, 3.05) is 26.8 Å². The first kappa shape index (κ1) is 14.3. The molecule has 0 aromatic carbocycles. The van der Waals surface area contributed by atoms with Gasteiger partial charge in [-0.3, -0.25) is 4.90 Å². The lowest BCUT2D eigenvalue weighted by Crippen LogP contribution is -2.54. The van der Waals surface area contributed by atoms with Gasteiger partial charge in [0, 0.05) is 31.8 Å². The fraction of sp³-hybridized carbons (Fsp3) is 1.00. The van der Waals surface area contributed by atoms with Crippen LogP contribution in [0.2, 0.25) is 0 Å². The van der Waals surface area contributed by atoms with Crippen molar-refractivity contribution in [2.45, 2.75) is 63.5 Å². The van der Waals surface area contributed by atoms with E-state index in [0.29, 0.717) is 6.04 Å². The highest BCUT2D eigenvalue weighted by Crippen LogP contribution is 2.36. The fourth-order valence-corrected chi connectivity index (χ4v) is 3.33. The van der Waals surface area contributed by atoms with Crippen molar-refractivity contribution in [1.29, 1.82) is 0 Å². The van der Waals surface area contributed by atoms with E-state index in [9.17, 15) is 0 Å². The number of nitrogens with two attached hydrogens (primary N) is 1. The van der Waals surface area contributed by atoms with Gasteiger partial charge in [-0.15, -0.1) is 0 Å². The molecule has 2 rings (SSSR count). The molecule has 3 nitrogen and oxygen atoms in total. The maximum Gasteiger partial charge on any atom is 0.0589 e. The van der Waals surface area contributed by atoms with Crippen LogP contribution in [0.1, 0.15) is 51.9 Å². The molecule has 0 amide bonds. The molecule has 0 heterocycles. The molecule has 0 aromatic heterocycles. The summed E-state index contributed by atoms with van der Waals surface area (Å²) in [5.41, 5.74) is 6.67. The van der Waals surface area contributed by atoms with E-state index >= 15 is 0 Å². The molecule has 2 aliphatic carbocycles. The molecule has 0 aliphatic heterocycles. The highest BCUT2D eigenvalue weighted by Gasteiger charge is 2.36. The number of ether oxygens (including phenoxy) is 1. The quantitative estimate of drug-likeness (QED) is 0.758. The third kappa shape index (κ3) is 3.94. The van der Waals surface area contributed by atoms with Gasteiger partial charge < -0.3 is 10.5 Å². The Kier molecular flexibility index (Phi) is 5.05. The highest BCUT2D eigenvalue weighted by atomic mass is 16.5. The molecule has 0 saturated heterocycles. The molecule has 0 spiro atoms. The van der Waals surface area contributed by atoms with E-state index in [2.05, 4.69) is 11.8 Å². The molecule has 0 bridgehead atoms. The summed E-state index contributed by atoms with van der Waals surface area (Å²) in [6.45, 7) is 5.30. The summed E-state index contributed by atoms with van der Waals surface area (Å²) in [4.78, 5) is 2.59. The van der Waals surface area contributed by atoms with Crippen molar-refractivity contribution in [3.8, 4) is 0 Å². The zero-order valence-corrected chi connectivity index (χ0v) is 12.2. The van der Waals surface area contributed by atoms with Gasteiger partial charge in [0.05, 0.1) is 6.61 Å². The molecular weight excluding hydrogens is 224 g/mol. The van der Waals surface area contributed by atoms with Gasteiger partial charge in [0.1, 0.15) is 0 Å². The van der Waals surface area contributed by atoms with E-state index in [1.54, 1.807) is 7.11 Å². The van der Waals surface area contributed by atoms with Crippen LogP contribution in [0, 0.1) is 5.92 Å². The van der Waals surface area contributed by atoms with Gasteiger partial charge >= 0.3 is 0 Å². The lowest BCUT2D eigenvalue weighted by atomic mass is 9.82. The number of rotatable bonds is 7. The maximum atomic E-state index is 6.61. The van der Waals surface area contributed by atoms with Crippen LogP contribution >= 0.6 is 0 Å². The first-order valence-corrected chi connectivity index (χ1v) is 7.66.